The largest absolute Gasteiger partial charge is 0.466 e. The van der Waals surface area contributed by atoms with E-state index in [1.807, 2.05) is 0 Å². The first-order chi connectivity index (χ1) is 11.6. The zero-order chi connectivity index (χ0) is 17.8. The molecule has 128 valence electrons. The summed E-state index contributed by atoms with van der Waals surface area (Å²) >= 11 is 0. The average Bonchev–Trinajstić information content (AvgIpc) is 2.58. The number of hydrogen-bond acceptors (Lipinski definition) is 6. The number of nitrogens with zero attached hydrogens (tertiary/aromatic N) is 1. The number of nitrogens with one attached hydrogen (secondary N) is 2. The molecule has 0 unspecified atom stereocenters. The first kappa shape index (κ1) is 19.0. The zero-order valence-electron chi connectivity index (χ0n) is 13.3. The van der Waals surface area contributed by atoms with E-state index in [2.05, 4.69) is 15.6 Å². The van der Waals surface area contributed by atoms with E-state index < -0.39 is 17.8 Å². The SMILES string of the molecule is CCOC(=O)CCC(=O)NC(=CC(=O)NCC=O)c1ccccn1. The van der Waals surface area contributed by atoms with Crippen LogP contribution in [0.4, 0.5) is 0 Å². The highest BCUT2D eigenvalue weighted by Crippen LogP contribution is 2.08. The molecule has 0 atom stereocenters. The van der Waals surface area contributed by atoms with Crippen molar-refractivity contribution in [3.63, 3.8) is 0 Å². The maximum absolute atomic E-state index is 12.0. The van der Waals surface area contributed by atoms with E-state index in [1.54, 1.807) is 25.1 Å². The summed E-state index contributed by atoms with van der Waals surface area (Å²) in [4.78, 5) is 49.3. The monoisotopic (exact) mass is 333 g/mol. The van der Waals surface area contributed by atoms with Crippen LogP contribution in [0, 0.1) is 0 Å². The highest BCUT2D eigenvalue weighted by molar-refractivity contribution is 5.98. The Hall–Kier alpha value is -3.03. The minimum Gasteiger partial charge on any atom is -0.466 e. The number of aromatic nitrogens is 1. The molecular weight excluding hydrogens is 314 g/mol. The normalized spacial score (nSPS) is 10.6. The van der Waals surface area contributed by atoms with Gasteiger partial charge in [-0.05, 0) is 19.1 Å². The second-order valence-electron chi connectivity index (χ2n) is 4.54. The summed E-state index contributed by atoms with van der Waals surface area (Å²) in [6, 6.07) is 5.00. The number of esters is 1. The maximum Gasteiger partial charge on any atom is 0.306 e. The van der Waals surface area contributed by atoms with E-state index in [0.29, 0.717) is 12.0 Å². The van der Waals surface area contributed by atoms with Crippen LogP contribution in [-0.4, -0.2) is 42.2 Å². The van der Waals surface area contributed by atoms with E-state index in [9.17, 15) is 19.2 Å². The first-order valence-corrected chi connectivity index (χ1v) is 7.36. The molecule has 0 fully saturated rings. The van der Waals surface area contributed by atoms with Gasteiger partial charge in [0.15, 0.2) is 0 Å². The summed E-state index contributed by atoms with van der Waals surface area (Å²) in [5.74, 6) is -1.48. The number of hydrogen-bond donors (Lipinski definition) is 2. The molecule has 1 rings (SSSR count). The Bertz CT molecular complexity index is 613. The molecule has 0 spiro atoms. The molecule has 0 aliphatic carbocycles. The van der Waals surface area contributed by atoms with Crippen LogP contribution in [0.5, 0.6) is 0 Å². The van der Waals surface area contributed by atoms with Gasteiger partial charge in [0, 0.05) is 18.7 Å². The minimum absolute atomic E-state index is 0.0630. The molecule has 2 N–H and O–H groups in total. The van der Waals surface area contributed by atoms with Crippen LogP contribution in [-0.2, 0) is 23.9 Å². The molecule has 1 heterocycles. The summed E-state index contributed by atoms with van der Waals surface area (Å²) in [6.07, 6.45) is 3.04. The lowest BCUT2D eigenvalue weighted by atomic mass is 10.2. The van der Waals surface area contributed by atoms with Gasteiger partial charge in [-0.25, -0.2) is 0 Å². The summed E-state index contributed by atoms with van der Waals surface area (Å²) in [5.41, 5.74) is 0.552. The molecular formula is C16H19N3O5. The third-order valence-electron chi connectivity index (χ3n) is 2.71. The van der Waals surface area contributed by atoms with Gasteiger partial charge < -0.3 is 20.2 Å². The standard InChI is InChI=1S/C16H19N3O5/c1-2-24-16(23)7-6-14(21)19-13(11-15(22)18-9-10-20)12-5-3-4-8-17-12/h3-5,8,10-11H,2,6-7,9H2,1H3,(H,18,22)(H,19,21). The van der Waals surface area contributed by atoms with Gasteiger partial charge in [-0.15, -0.1) is 0 Å². The summed E-state index contributed by atoms with van der Waals surface area (Å²) in [5, 5.41) is 4.88. The van der Waals surface area contributed by atoms with Gasteiger partial charge in [0.25, 0.3) is 0 Å². The third-order valence-corrected chi connectivity index (χ3v) is 2.71. The smallest absolute Gasteiger partial charge is 0.306 e. The fraction of sp³-hybridized carbons (Fsp3) is 0.312. The maximum atomic E-state index is 12.0. The Labute approximate surface area is 139 Å². The minimum atomic E-state index is -0.548. The van der Waals surface area contributed by atoms with Crippen molar-refractivity contribution in [3.8, 4) is 0 Å². The van der Waals surface area contributed by atoms with Crippen molar-refractivity contribution in [1.29, 1.82) is 0 Å². The topological polar surface area (TPSA) is 114 Å². The molecule has 1 aromatic rings. The molecule has 0 aliphatic heterocycles. The van der Waals surface area contributed by atoms with Crippen LogP contribution in [0.15, 0.2) is 30.5 Å². The van der Waals surface area contributed by atoms with Crippen LogP contribution in [0.1, 0.15) is 25.5 Å². The van der Waals surface area contributed by atoms with Gasteiger partial charge in [-0.1, -0.05) is 6.07 Å². The van der Waals surface area contributed by atoms with Crippen molar-refractivity contribution in [2.24, 2.45) is 0 Å². The zero-order valence-corrected chi connectivity index (χ0v) is 13.3. The van der Waals surface area contributed by atoms with Crippen LogP contribution >= 0.6 is 0 Å². The van der Waals surface area contributed by atoms with Crippen molar-refractivity contribution in [2.75, 3.05) is 13.2 Å². The molecule has 0 aliphatic rings. The number of amides is 2. The van der Waals surface area contributed by atoms with E-state index in [1.165, 1.54) is 6.20 Å². The molecule has 2 amide bonds. The second kappa shape index (κ2) is 10.7. The van der Waals surface area contributed by atoms with E-state index in [4.69, 9.17) is 4.74 Å². The van der Waals surface area contributed by atoms with Gasteiger partial charge in [0.2, 0.25) is 11.8 Å². The van der Waals surface area contributed by atoms with Crippen LogP contribution in [0.25, 0.3) is 5.70 Å². The molecule has 0 saturated carbocycles. The number of carbonyl (C=O) groups excluding carboxylic acids is 4. The Kier molecular flexibility index (Phi) is 8.44. The van der Waals surface area contributed by atoms with Gasteiger partial charge in [-0.3, -0.25) is 19.4 Å². The number of aldehydes is 1. The second-order valence-corrected chi connectivity index (χ2v) is 4.54. The number of pyridine rings is 1. The summed E-state index contributed by atoms with van der Waals surface area (Å²) < 4.78 is 4.75. The fourth-order valence-electron chi connectivity index (χ4n) is 1.68. The predicted octanol–water partition coefficient (Wildman–Crippen LogP) is 0.197. The first-order valence-electron chi connectivity index (χ1n) is 7.36. The van der Waals surface area contributed by atoms with Crippen molar-refractivity contribution in [2.45, 2.75) is 19.8 Å². The van der Waals surface area contributed by atoms with Crippen molar-refractivity contribution < 1.29 is 23.9 Å². The lowest BCUT2D eigenvalue weighted by Gasteiger charge is -2.09. The molecule has 0 radical (unpaired) electrons. The Morgan fingerprint density at radius 1 is 1.25 bits per heavy atom. The summed E-state index contributed by atoms with van der Waals surface area (Å²) in [6.45, 7) is 1.79. The lowest BCUT2D eigenvalue weighted by Crippen LogP contribution is -2.27. The Morgan fingerprint density at radius 3 is 2.67 bits per heavy atom. The molecule has 0 aromatic carbocycles. The molecule has 24 heavy (non-hydrogen) atoms. The molecule has 8 nitrogen and oxygen atoms in total. The molecule has 0 bridgehead atoms. The summed E-state index contributed by atoms with van der Waals surface area (Å²) in [7, 11) is 0. The molecule has 1 aromatic heterocycles. The van der Waals surface area contributed by atoms with Gasteiger partial charge >= 0.3 is 5.97 Å². The molecule has 8 heteroatoms. The Morgan fingerprint density at radius 2 is 2.04 bits per heavy atom. The average molecular weight is 333 g/mol. The highest BCUT2D eigenvalue weighted by Gasteiger charge is 2.12. The van der Waals surface area contributed by atoms with Crippen LogP contribution in [0.2, 0.25) is 0 Å². The quantitative estimate of drug-likeness (QED) is 0.379. The van der Waals surface area contributed by atoms with Crippen molar-refractivity contribution in [3.05, 3.63) is 36.2 Å². The Balaban J connectivity index is 2.77. The number of carbonyl (C=O) groups is 4. The third kappa shape index (κ3) is 7.30. The van der Waals surface area contributed by atoms with Crippen molar-refractivity contribution >= 4 is 29.8 Å². The molecule has 0 saturated heterocycles. The predicted molar refractivity (Wildman–Crippen MR) is 85.3 cm³/mol. The van der Waals surface area contributed by atoms with E-state index >= 15 is 0 Å². The van der Waals surface area contributed by atoms with E-state index in [0.717, 1.165) is 6.08 Å². The lowest BCUT2D eigenvalue weighted by molar-refractivity contribution is -0.144. The van der Waals surface area contributed by atoms with Gasteiger partial charge in [-0.2, -0.15) is 0 Å². The number of rotatable bonds is 9. The van der Waals surface area contributed by atoms with E-state index in [-0.39, 0.29) is 31.7 Å². The van der Waals surface area contributed by atoms with Gasteiger partial charge in [0.05, 0.1) is 31.0 Å². The van der Waals surface area contributed by atoms with Gasteiger partial charge in [0.1, 0.15) is 6.29 Å². The highest BCUT2D eigenvalue weighted by atomic mass is 16.5. The van der Waals surface area contributed by atoms with Crippen LogP contribution in [0.3, 0.4) is 0 Å². The number of ether oxygens (including phenoxy) is 1. The van der Waals surface area contributed by atoms with Crippen LogP contribution < -0.4 is 10.6 Å². The fourth-order valence-corrected chi connectivity index (χ4v) is 1.68. The van der Waals surface area contributed by atoms with Crippen molar-refractivity contribution in [1.82, 2.24) is 15.6 Å².